The van der Waals surface area contributed by atoms with Crippen LogP contribution in [0, 0.1) is 0 Å². The van der Waals surface area contributed by atoms with Crippen LogP contribution >= 0.6 is 11.6 Å². The van der Waals surface area contributed by atoms with Gasteiger partial charge in [0.25, 0.3) is 11.8 Å². The van der Waals surface area contributed by atoms with Gasteiger partial charge in [-0.3, -0.25) is 20.4 Å². The smallest absolute Gasteiger partial charge is 0.276 e. The molecule has 0 spiro atoms. The van der Waals surface area contributed by atoms with Crippen molar-refractivity contribution in [3.63, 3.8) is 0 Å². The largest absolute Gasteiger partial charge is 0.491 e. The molecule has 7 nitrogen and oxygen atoms in total. The standard InChI is InChI=1S/C18H19ClN2O5/c1-24-10-11-25-14-8-6-13(7-9-14)18(23)21-20-17(22)12-26-16-5-3-2-4-15(16)19/h2-9H,10-12H2,1H3,(H,20,22)(H,21,23). The van der Waals surface area contributed by atoms with Gasteiger partial charge in [0.05, 0.1) is 11.6 Å². The summed E-state index contributed by atoms with van der Waals surface area (Å²) in [5.74, 6) is 0.0350. The van der Waals surface area contributed by atoms with E-state index < -0.39 is 11.8 Å². The molecule has 0 aliphatic carbocycles. The molecule has 0 radical (unpaired) electrons. The zero-order chi connectivity index (χ0) is 18.8. The highest BCUT2D eigenvalue weighted by atomic mass is 35.5. The maximum atomic E-state index is 12.0. The first kappa shape index (κ1) is 19.6. The maximum absolute atomic E-state index is 12.0. The van der Waals surface area contributed by atoms with E-state index in [1.165, 1.54) is 0 Å². The Kier molecular flexibility index (Phi) is 7.73. The van der Waals surface area contributed by atoms with Crippen molar-refractivity contribution < 1.29 is 23.8 Å². The average Bonchev–Trinajstić information content (AvgIpc) is 2.66. The molecule has 0 aromatic heterocycles. The number of ether oxygens (including phenoxy) is 3. The predicted octanol–water partition coefficient (Wildman–Crippen LogP) is 2.21. The van der Waals surface area contributed by atoms with Crippen LogP contribution in [0.5, 0.6) is 11.5 Å². The summed E-state index contributed by atoms with van der Waals surface area (Å²) in [7, 11) is 1.59. The molecule has 0 unspecified atom stereocenters. The van der Waals surface area contributed by atoms with Crippen LogP contribution in [0.3, 0.4) is 0 Å². The van der Waals surface area contributed by atoms with Gasteiger partial charge in [-0.1, -0.05) is 23.7 Å². The molecule has 0 saturated carbocycles. The lowest BCUT2D eigenvalue weighted by Gasteiger charge is -2.10. The molecular weight excluding hydrogens is 360 g/mol. The molecule has 8 heteroatoms. The fourth-order valence-electron chi connectivity index (χ4n) is 1.89. The Hall–Kier alpha value is -2.77. The van der Waals surface area contributed by atoms with Crippen molar-refractivity contribution in [3.8, 4) is 11.5 Å². The molecule has 0 saturated heterocycles. The number of para-hydroxylation sites is 1. The molecule has 2 N–H and O–H groups in total. The molecular formula is C18H19ClN2O5. The van der Waals surface area contributed by atoms with Crippen molar-refractivity contribution in [2.75, 3.05) is 26.9 Å². The third-order valence-corrected chi connectivity index (χ3v) is 3.50. The lowest BCUT2D eigenvalue weighted by molar-refractivity contribution is -0.123. The second-order valence-corrected chi connectivity index (χ2v) is 5.49. The van der Waals surface area contributed by atoms with E-state index in [0.29, 0.717) is 35.3 Å². The predicted molar refractivity (Wildman–Crippen MR) is 96.4 cm³/mol. The summed E-state index contributed by atoms with van der Waals surface area (Å²) >= 11 is 5.92. The fraction of sp³-hybridized carbons (Fsp3) is 0.222. The number of halogens is 1. The molecule has 2 aromatic carbocycles. The molecule has 0 aliphatic rings. The van der Waals surface area contributed by atoms with E-state index in [1.807, 2.05) is 0 Å². The van der Waals surface area contributed by atoms with Gasteiger partial charge in [0.15, 0.2) is 6.61 Å². The third-order valence-electron chi connectivity index (χ3n) is 3.18. The lowest BCUT2D eigenvalue weighted by Crippen LogP contribution is -2.43. The zero-order valence-electron chi connectivity index (χ0n) is 14.2. The van der Waals surface area contributed by atoms with E-state index in [2.05, 4.69) is 10.9 Å². The molecule has 0 heterocycles. The Bertz CT molecular complexity index is 737. The lowest BCUT2D eigenvalue weighted by atomic mass is 10.2. The van der Waals surface area contributed by atoms with Gasteiger partial charge in [0, 0.05) is 12.7 Å². The van der Waals surface area contributed by atoms with Crippen LogP contribution in [-0.2, 0) is 9.53 Å². The van der Waals surface area contributed by atoms with Crippen molar-refractivity contribution >= 4 is 23.4 Å². The average molecular weight is 379 g/mol. The van der Waals surface area contributed by atoms with Gasteiger partial charge < -0.3 is 14.2 Å². The minimum absolute atomic E-state index is 0.281. The number of carbonyl (C=O) groups excluding carboxylic acids is 2. The Labute approximate surface area is 156 Å². The Morgan fingerprint density at radius 3 is 2.38 bits per heavy atom. The first-order valence-corrected chi connectivity index (χ1v) is 8.16. The molecule has 0 bridgehead atoms. The van der Waals surface area contributed by atoms with Crippen molar-refractivity contribution in [1.29, 1.82) is 0 Å². The Morgan fingerprint density at radius 2 is 1.69 bits per heavy atom. The molecule has 0 atom stereocenters. The number of nitrogens with one attached hydrogen (secondary N) is 2. The summed E-state index contributed by atoms with van der Waals surface area (Å²) in [6.45, 7) is 0.615. The summed E-state index contributed by atoms with van der Waals surface area (Å²) < 4.78 is 15.6. The SMILES string of the molecule is COCCOc1ccc(C(=O)NNC(=O)COc2ccccc2Cl)cc1. The third kappa shape index (κ3) is 6.27. The minimum atomic E-state index is -0.516. The van der Waals surface area contributed by atoms with Gasteiger partial charge in [0.2, 0.25) is 0 Å². The zero-order valence-corrected chi connectivity index (χ0v) is 14.9. The van der Waals surface area contributed by atoms with Crippen molar-refractivity contribution in [2.45, 2.75) is 0 Å². The number of methoxy groups -OCH3 is 1. The molecule has 138 valence electrons. The number of rotatable bonds is 8. The molecule has 2 aromatic rings. The van der Waals surface area contributed by atoms with E-state index in [9.17, 15) is 9.59 Å². The topological polar surface area (TPSA) is 85.9 Å². The van der Waals surface area contributed by atoms with E-state index in [1.54, 1.807) is 55.6 Å². The first-order valence-electron chi connectivity index (χ1n) is 7.78. The van der Waals surface area contributed by atoms with Gasteiger partial charge in [-0.2, -0.15) is 0 Å². The normalized spacial score (nSPS) is 10.1. The van der Waals surface area contributed by atoms with Gasteiger partial charge >= 0.3 is 0 Å². The Balaban J connectivity index is 1.75. The summed E-state index contributed by atoms with van der Waals surface area (Å²) in [5.41, 5.74) is 4.95. The number of hydrogen-bond donors (Lipinski definition) is 2. The molecule has 0 aliphatic heterocycles. The molecule has 2 rings (SSSR count). The minimum Gasteiger partial charge on any atom is -0.491 e. The maximum Gasteiger partial charge on any atom is 0.276 e. The van der Waals surface area contributed by atoms with Crippen molar-refractivity contribution in [3.05, 3.63) is 59.1 Å². The van der Waals surface area contributed by atoms with Gasteiger partial charge in [-0.25, -0.2) is 0 Å². The quantitative estimate of drug-likeness (QED) is 0.543. The first-order chi connectivity index (χ1) is 12.6. The van der Waals surface area contributed by atoms with Crippen LogP contribution in [-0.4, -0.2) is 38.7 Å². The monoisotopic (exact) mass is 378 g/mol. The summed E-state index contributed by atoms with van der Waals surface area (Å²) in [4.78, 5) is 23.7. The van der Waals surface area contributed by atoms with Crippen LogP contribution in [0.1, 0.15) is 10.4 Å². The fourth-order valence-corrected chi connectivity index (χ4v) is 2.08. The van der Waals surface area contributed by atoms with Crippen LogP contribution in [0.25, 0.3) is 0 Å². The van der Waals surface area contributed by atoms with E-state index in [0.717, 1.165) is 0 Å². The molecule has 26 heavy (non-hydrogen) atoms. The highest BCUT2D eigenvalue weighted by molar-refractivity contribution is 6.32. The summed E-state index contributed by atoms with van der Waals surface area (Å²) in [5, 5.41) is 0.400. The highest BCUT2D eigenvalue weighted by Gasteiger charge is 2.09. The summed E-state index contributed by atoms with van der Waals surface area (Å²) in [6, 6.07) is 13.3. The number of benzene rings is 2. The van der Waals surface area contributed by atoms with Crippen LogP contribution < -0.4 is 20.3 Å². The van der Waals surface area contributed by atoms with E-state index >= 15 is 0 Å². The van der Waals surface area contributed by atoms with Crippen LogP contribution in [0.2, 0.25) is 5.02 Å². The van der Waals surface area contributed by atoms with Gasteiger partial charge in [-0.05, 0) is 36.4 Å². The number of carbonyl (C=O) groups is 2. The second kappa shape index (κ2) is 10.3. The molecule has 2 amide bonds. The van der Waals surface area contributed by atoms with E-state index in [-0.39, 0.29) is 6.61 Å². The van der Waals surface area contributed by atoms with Crippen LogP contribution in [0.15, 0.2) is 48.5 Å². The summed E-state index contributed by atoms with van der Waals surface area (Å²) in [6.07, 6.45) is 0. The second-order valence-electron chi connectivity index (χ2n) is 5.09. The number of hydrazine groups is 1. The van der Waals surface area contributed by atoms with Gasteiger partial charge in [0.1, 0.15) is 18.1 Å². The number of hydrogen-bond acceptors (Lipinski definition) is 5. The van der Waals surface area contributed by atoms with E-state index in [4.69, 9.17) is 25.8 Å². The Morgan fingerprint density at radius 1 is 0.962 bits per heavy atom. The highest BCUT2D eigenvalue weighted by Crippen LogP contribution is 2.22. The van der Waals surface area contributed by atoms with Gasteiger partial charge in [-0.15, -0.1) is 0 Å². The van der Waals surface area contributed by atoms with Crippen molar-refractivity contribution in [2.24, 2.45) is 0 Å². The number of amides is 2. The van der Waals surface area contributed by atoms with Crippen LogP contribution in [0.4, 0.5) is 0 Å². The van der Waals surface area contributed by atoms with Crippen molar-refractivity contribution in [1.82, 2.24) is 10.9 Å². The molecule has 0 fully saturated rings.